The summed E-state index contributed by atoms with van der Waals surface area (Å²) >= 11 is 0. The van der Waals surface area contributed by atoms with Crippen LogP contribution in [0.4, 0.5) is 0 Å². The number of hydrogen-bond donors (Lipinski definition) is 11. The van der Waals surface area contributed by atoms with Gasteiger partial charge in [-0.25, -0.2) is 4.79 Å². The summed E-state index contributed by atoms with van der Waals surface area (Å²) in [6.07, 6.45) is 0.623. The zero-order valence-electron chi connectivity index (χ0n) is 28.4. The lowest BCUT2D eigenvalue weighted by atomic mass is 10.0. The molecule has 0 fully saturated rings. The Bertz CT molecular complexity index is 1270. The normalized spacial score (nSPS) is 14.5. The molecule has 280 valence electrons. The molecule has 0 aliphatic rings. The Kier molecular flexibility index (Phi) is 20.5. The molecule has 0 spiro atoms. The molecule has 0 saturated carbocycles. The highest BCUT2D eigenvalue weighted by atomic mass is 16.4. The molecule has 1 aromatic rings. The number of rotatable bonds is 25. The van der Waals surface area contributed by atoms with Gasteiger partial charge in [-0.2, -0.15) is 0 Å². The SMILES string of the molecule is C[C@@H](O)[C@H](NC(=O)[C@@H](N)CCCCN)C(=O)NCC(=O)N[C@@H](CCC(N)=O)C(=O)N[C@@H](Cc1ccccc1)C(=O)N[C@@H](CCCCN)C(=O)O. The fourth-order valence-corrected chi connectivity index (χ4v) is 4.74. The Morgan fingerprint density at radius 3 is 1.86 bits per heavy atom. The lowest BCUT2D eigenvalue weighted by Crippen LogP contribution is -2.58. The Morgan fingerprint density at radius 2 is 1.30 bits per heavy atom. The summed E-state index contributed by atoms with van der Waals surface area (Å²) in [6.45, 7) is 1.33. The molecule has 1 rings (SSSR count). The molecule has 6 atom stereocenters. The summed E-state index contributed by atoms with van der Waals surface area (Å²) < 4.78 is 0. The van der Waals surface area contributed by atoms with E-state index in [9.17, 15) is 43.8 Å². The van der Waals surface area contributed by atoms with Crippen molar-refractivity contribution in [2.24, 2.45) is 22.9 Å². The molecule has 1 aromatic carbocycles. The number of nitrogens with two attached hydrogens (primary N) is 4. The molecule has 0 unspecified atom stereocenters. The van der Waals surface area contributed by atoms with Gasteiger partial charge in [0.2, 0.25) is 35.4 Å². The van der Waals surface area contributed by atoms with E-state index in [1.807, 2.05) is 0 Å². The number of carboxylic acids is 1. The summed E-state index contributed by atoms with van der Waals surface area (Å²) in [4.78, 5) is 88.3. The van der Waals surface area contributed by atoms with E-state index < -0.39 is 84.3 Å². The van der Waals surface area contributed by atoms with Crippen molar-refractivity contribution in [2.45, 2.75) is 101 Å². The van der Waals surface area contributed by atoms with Crippen molar-refractivity contribution in [3.05, 3.63) is 35.9 Å². The summed E-state index contributed by atoms with van der Waals surface area (Å²) in [5.41, 5.74) is 22.7. The van der Waals surface area contributed by atoms with Gasteiger partial charge in [0, 0.05) is 12.8 Å². The minimum atomic E-state index is -1.45. The zero-order valence-corrected chi connectivity index (χ0v) is 28.4. The van der Waals surface area contributed by atoms with Gasteiger partial charge in [0.15, 0.2) is 0 Å². The van der Waals surface area contributed by atoms with E-state index in [4.69, 9.17) is 22.9 Å². The topological polar surface area (TPSA) is 324 Å². The quantitative estimate of drug-likeness (QED) is 0.0443. The highest BCUT2D eigenvalue weighted by Gasteiger charge is 2.31. The van der Waals surface area contributed by atoms with Crippen molar-refractivity contribution in [3.8, 4) is 0 Å². The number of aliphatic carboxylic acids is 1. The summed E-state index contributed by atoms with van der Waals surface area (Å²) in [5.74, 6) is -6.19. The number of nitrogens with one attached hydrogen (secondary N) is 5. The van der Waals surface area contributed by atoms with E-state index in [1.165, 1.54) is 6.92 Å². The van der Waals surface area contributed by atoms with Crippen molar-refractivity contribution in [1.29, 1.82) is 0 Å². The number of benzene rings is 1. The van der Waals surface area contributed by atoms with Gasteiger partial charge in [-0.1, -0.05) is 36.8 Å². The van der Waals surface area contributed by atoms with E-state index >= 15 is 0 Å². The Labute approximate surface area is 291 Å². The molecule has 50 heavy (non-hydrogen) atoms. The van der Waals surface area contributed by atoms with Gasteiger partial charge in [-0.15, -0.1) is 0 Å². The first kappa shape index (κ1) is 43.4. The first-order chi connectivity index (χ1) is 23.7. The van der Waals surface area contributed by atoms with Crippen molar-refractivity contribution in [1.82, 2.24) is 26.6 Å². The van der Waals surface area contributed by atoms with Crippen LogP contribution < -0.4 is 49.5 Å². The smallest absolute Gasteiger partial charge is 0.326 e. The molecule has 0 aliphatic carbocycles. The molecular weight excluding hydrogens is 654 g/mol. The number of aliphatic hydroxyl groups is 1. The van der Waals surface area contributed by atoms with Gasteiger partial charge in [0.25, 0.3) is 0 Å². The lowest BCUT2D eigenvalue weighted by Gasteiger charge is -2.25. The monoisotopic (exact) mass is 707 g/mol. The van der Waals surface area contributed by atoms with Gasteiger partial charge in [0.1, 0.15) is 24.2 Å². The van der Waals surface area contributed by atoms with Crippen LogP contribution in [0.15, 0.2) is 30.3 Å². The number of unbranched alkanes of at least 4 members (excludes halogenated alkanes) is 2. The lowest BCUT2D eigenvalue weighted by molar-refractivity contribution is -0.142. The fourth-order valence-electron chi connectivity index (χ4n) is 4.74. The Morgan fingerprint density at radius 1 is 0.720 bits per heavy atom. The molecular formula is C32H53N9O9. The molecule has 0 radical (unpaired) electrons. The Hall–Kier alpha value is -4.65. The third-order valence-electron chi connectivity index (χ3n) is 7.60. The average molecular weight is 708 g/mol. The first-order valence-electron chi connectivity index (χ1n) is 16.6. The van der Waals surface area contributed by atoms with Gasteiger partial charge in [-0.05, 0) is 64.1 Å². The second kappa shape index (κ2) is 23.7. The van der Waals surface area contributed by atoms with Crippen LogP contribution in [-0.2, 0) is 40.0 Å². The minimum Gasteiger partial charge on any atom is -0.480 e. The van der Waals surface area contributed by atoms with Crippen LogP contribution in [0.25, 0.3) is 0 Å². The maximum absolute atomic E-state index is 13.5. The maximum Gasteiger partial charge on any atom is 0.326 e. The molecule has 0 heterocycles. The van der Waals surface area contributed by atoms with Crippen LogP contribution in [0.2, 0.25) is 0 Å². The largest absolute Gasteiger partial charge is 0.480 e. The van der Waals surface area contributed by atoms with Gasteiger partial charge < -0.3 is 59.7 Å². The third kappa shape index (κ3) is 17.1. The number of carbonyl (C=O) groups excluding carboxylic acids is 6. The van der Waals surface area contributed by atoms with Gasteiger partial charge in [-0.3, -0.25) is 28.8 Å². The fraction of sp³-hybridized carbons (Fsp3) is 0.594. The number of carbonyl (C=O) groups is 7. The Balaban J connectivity index is 3.05. The highest BCUT2D eigenvalue weighted by molar-refractivity contribution is 5.95. The van der Waals surface area contributed by atoms with Crippen LogP contribution in [0.3, 0.4) is 0 Å². The zero-order chi connectivity index (χ0) is 37.6. The molecule has 18 nitrogen and oxygen atoms in total. The second-order valence-corrected chi connectivity index (χ2v) is 11.9. The molecule has 15 N–H and O–H groups in total. The van der Waals surface area contributed by atoms with Crippen molar-refractivity contribution in [2.75, 3.05) is 19.6 Å². The molecule has 0 aromatic heterocycles. The van der Waals surface area contributed by atoms with Crippen molar-refractivity contribution in [3.63, 3.8) is 0 Å². The van der Waals surface area contributed by atoms with Crippen molar-refractivity contribution < 1.29 is 43.8 Å². The van der Waals surface area contributed by atoms with E-state index in [0.29, 0.717) is 50.8 Å². The standard InChI is InChI=1S/C32H53N9O9/c1-19(42)27(41-28(45)21(35)11-5-7-15-33)31(48)37-18-26(44)38-22(13-14-25(36)43)29(46)40-24(17-20-9-3-2-4-10-20)30(47)39-23(32(49)50)12-6-8-16-34/h2-4,9-10,19,21-24,27,42H,5-8,11-18,33-35H2,1H3,(H2,36,43)(H,37,48)(H,38,44)(H,39,47)(H,40,46)(H,41,45)(H,49,50)/t19-,21+,22+,23+,24+,27+/m1/s1. The van der Waals surface area contributed by atoms with Crippen LogP contribution in [0.5, 0.6) is 0 Å². The maximum atomic E-state index is 13.5. The van der Waals surface area contributed by atoms with Crippen LogP contribution in [-0.4, -0.2) is 108 Å². The summed E-state index contributed by atoms with van der Waals surface area (Å²) in [5, 5.41) is 31.8. The minimum absolute atomic E-state index is 0.0385. The summed E-state index contributed by atoms with van der Waals surface area (Å²) in [6, 6.07) is 2.24. The number of primary amides is 1. The van der Waals surface area contributed by atoms with Crippen LogP contribution in [0.1, 0.15) is 63.9 Å². The molecule has 6 amide bonds. The number of hydrogen-bond acceptors (Lipinski definition) is 11. The highest BCUT2D eigenvalue weighted by Crippen LogP contribution is 2.08. The van der Waals surface area contributed by atoms with E-state index in [1.54, 1.807) is 30.3 Å². The van der Waals surface area contributed by atoms with E-state index in [2.05, 4.69) is 26.6 Å². The van der Waals surface area contributed by atoms with Gasteiger partial charge >= 0.3 is 5.97 Å². The molecule has 0 aliphatic heterocycles. The van der Waals surface area contributed by atoms with Crippen LogP contribution >= 0.6 is 0 Å². The number of carboxylic acid groups (broad SMARTS) is 1. The number of amides is 6. The number of aliphatic hydroxyl groups excluding tert-OH is 1. The summed E-state index contributed by atoms with van der Waals surface area (Å²) in [7, 11) is 0. The predicted octanol–water partition coefficient (Wildman–Crippen LogP) is -3.40. The van der Waals surface area contributed by atoms with E-state index in [-0.39, 0.29) is 25.7 Å². The van der Waals surface area contributed by atoms with Gasteiger partial charge in [0.05, 0.1) is 18.7 Å². The second-order valence-electron chi connectivity index (χ2n) is 11.9. The van der Waals surface area contributed by atoms with Crippen LogP contribution in [0, 0.1) is 0 Å². The predicted molar refractivity (Wildman–Crippen MR) is 182 cm³/mol. The molecule has 0 bridgehead atoms. The molecule has 0 saturated heterocycles. The molecule has 18 heteroatoms. The van der Waals surface area contributed by atoms with E-state index in [0.717, 1.165) is 0 Å². The average Bonchev–Trinajstić information content (AvgIpc) is 3.07. The van der Waals surface area contributed by atoms with Crippen molar-refractivity contribution >= 4 is 41.4 Å². The first-order valence-corrected chi connectivity index (χ1v) is 16.6. The third-order valence-corrected chi connectivity index (χ3v) is 7.60.